The fourth-order valence-corrected chi connectivity index (χ4v) is 2.07. The Morgan fingerprint density at radius 2 is 1.53 bits per heavy atom. The lowest BCUT2D eigenvalue weighted by Gasteiger charge is -2.10. The van der Waals surface area contributed by atoms with Crippen molar-refractivity contribution in [1.29, 1.82) is 0 Å². The van der Waals surface area contributed by atoms with Crippen molar-refractivity contribution in [2.24, 2.45) is 0 Å². The van der Waals surface area contributed by atoms with Crippen LogP contribution in [0.2, 0.25) is 0 Å². The lowest BCUT2D eigenvalue weighted by molar-refractivity contribution is 1.03. The fraction of sp³-hybridized carbons (Fsp3) is 0.312. The van der Waals surface area contributed by atoms with Crippen LogP contribution >= 0.6 is 0 Å². The highest BCUT2D eigenvalue weighted by molar-refractivity contribution is 5.45. The number of anilines is 2. The molecule has 3 nitrogen and oxygen atoms in total. The molecule has 1 aromatic carbocycles. The summed E-state index contributed by atoms with van der Waals surface area (Å²) < 4.78 is 0. The van der Waals surface area contributed by atoms with E-state index >= 15 is 0 Å². The van der Waals surface area contributed by atoms with Crippen LogP contribution in [0.15, 0.2) is 42.5 Å². The summed E-state index contributed by atoms with van der Waals surface area (Å²) in [6.45, 7) is 5.95. The van der Waals surface area contributed by atoms with Crippen LogP contribution in [0.4, 0.5) is 11.6 Å². The van der Waals surface area contributed by atoms with Gasteiger partial charge in [-0.2, -0.15) is 0 Å². The third kappa shape index (κ3) is 3.71. The van der Waals surface area contributed by atoms with E-state index in [1.807, 2.05) is 18.2 Å². The summed E-state index contributed by atoms with van der Waals surface area (Å²) in [4.78, 5) is 4.51. The maximum atomic E-state index is 4.51. The lowest BCUT2D eigenvalue weighted by Crippen LogP contribution is -2.05. The second-order valence-electron chi connectivity index (χ2n) is 4.41. The Bertz CT molecular complexity index is 523. The van der Waals surface area contributed by atoms with Crippen LogP contribution < -0.4 is 10.6 Å². The zero-order valence-electron chi connectivity index (χ0n) is 11.6. The van der Waals surface area contributed by atoms with E-state index in [-0.39, 0.29) is 0 Å². The zero-order chi connectivity index (χ0) is 13.5. The molecule has 19 heavy (non-hydrogen) atoms. The summed E-state index contributed by atoms with van der Waals surface area (Å²) in [5.74, 6) is 1.82. The van der Waals surface area contributed by atoms with Crippen LogP contribution in [-0.4, -0.2) is 11.5 Å². The first-order valence-electron chi connectivity index (χ1n) is 6.85. The minimum atomic E-state index is 0.812. The first-order valence-corrected chi connectivity index (χ1v) is 6.85. The highest BCUT2D eigenvalue weighted by Crippen LogP contribution is 2.13. The lowest BCUT2D eigenvalue weighted by atomic mass is 10.1. The van der Waals surface area contributed by atoms with Crippen LogP contribution in [0, 0.1) is 0 Å². The second kappa shape index (κ2) is 6.78. The minimum absolute atomic E-state index is 0.812. The van der Waals surface area contributed by atoms with Gasteiger partial charge in [-0.25, -0.2) is 4.98 Å². The number of benzene rings is 1. The molecule has 2 rings (SSSR count). The number of rotatable bonds is 6. The Morgan fingerprint density at radius 3 is 2.21 bits per heavy atom. The van der Waals surface area contributed by atoms with Gasteiger partial charge < -0.3 is 10.6 Å². The van der Waals surface area contributed by atoms with Gasteiger partial charge in [0.2, 0.25) is 0 Å². The molecular weight excluding hydrogens is 234 g/mol. The Kier molecular flexibility index (Phi) is 4.78. The molecule has 2 aromatic rings. The van der Waals surface area contributed by atoms with Gasteiger partial charge in [0.05, 0.1) is 0 Å². The molecule has 0 saturated heterocycles. The van der Waals surface area contributed by atoms with E-state index in [0.29, 0.717) is 0 Å². The van der Waals surface area contributed by atoms with Crippen molar-refractivity contribution in [1.82, 2.24) is 4.98 Å². The molecule has 1 heterocycles. The van der Waals surface area contributed by atoms with Gasteiger partial charge in [-0.05, 0) is 36.6 Å². The van der Waals surface area contributed by atoms with Crippen molar-refractivity contribution in [2.45, 2.75) is 26.8 Å². The van der Waals surface area contributed by atoms with Crippen LogP contribution in [0.25, 0.3) is 0 Å². The van der Waals surface area contributed by atoms with Crippen molar-refractivity contribution >= 4 is 11.6 Å². The molecule has 2 N–H and O–H groups in total. The summed E-state index contributed by atoms with van der Waals surface area (Å²) in [6, 6.07) is 14.5. The molecule has 0 atom stereocenters. The zero-order valence-corrected chi connectivity index (χ0v) is 11.6. The summed E-state index contributed by atoms with van der Waals surface area (Å²) in [5, 5.41) is 6.60. The van der Waals surface area contributed by atoms with Gasteiger partial charge in [0.15, 0.2) is 0 Å². The molecule has 0 bridgehead atoms. The smallest absolute Gasteiger partial charge is 0.128 e. The minimum Gasteiger partial charge on any atom is -0.370 e. The van der Waals surface area contributed by atoms with Gasteiger partial charge in [-0.3, -0.25) is 0 Å². The standard InChI is InChI=1S/C16H21N3/c1-3-13-8-5-6-9-14(13)12-18-16-11-7-10-15(19-16)17-4-2/h5-11H,3-4,12H2,1-2H3,(H2,17,18,19). The molecule has 0 saturated carbocycles. The first kappa shape index (κ1) is 13.4. The van der Waals surface area contributed by atoms with Crippen molar-refractivity contribution in [3.63, 3.8) is 0 Å². The molecule has 0 spiro atoms. The number of hydrogen-bond donors (Lipinski definition) is 2. The monoisotopic (exact) mass is 255 g/mol. The average molecular weight is 255 g/mol. The Hall–Kier alpha value is -2.03. The number of pyridine rings is 1. The molecule has 0 fully saturated rings. The predicted molar refractivity (Wildman–Crippen MR) is 81.5 cm³/mol. The number of nitrogens with one attached hydrogen (secondary N) is 2. The van der Waals surface area contributed by atoms with Gasteiger partial charge in [0.1, 0.15) is 11.6 Å². The molecule has 0 radical (unpaired) electrons. The van der Waals surface area contributed by atoms with E-state index in [1.54, 1.807) is 0 Å². The van der Waals surface area contributed by atoms with Crippen molar-refractivity contribution in [3.05, 3.63) is 53.6 Å². The third-order valence-corrected chi connectivity index (χ3v) is 3.07. The summed E-state index contributed by atoms with van der Waals surface area (Å²) in [6.07, 6.45) is 1.06. The molecule has 0 amide bonds. The molecule has 0 aliphatic carbocycles. The summed E-state index contributed by atoms with van der Waals surface area (Å²) >= 11 is 0. The quantitative estimate of drug-likeness (QED) is 0.826. The number of aromatic nitrogens is 1. The molecule has 1 aromatic heterocycles. The van der Waals surface area contributed by atoms with Crippen molar-refractivity contribution < 1.29 is 0 Å². The van der Waals surface area contributed by atoms with Gasteiger partial charge in [0, 0.05) is 13.1 Å². The average Bonchev–Trinajstić information content (AvgIpc) is 2.46. The van der Waals surface area contributed by atoms with Gasteiger partial charge in [-0.15, -0.1) is 0 Å². The maximum Gasteiger partial charge on any atom is 0.128 e. The SMILES string of the molecule is CCNc1cccc(NCc2ccccc2CC)n1. The van der Waals surface area contributed by atoms with Crippen LogP contribution in [-0.2, 0) is 13.0 Å². The Labute approximate surface area is 115 Å². The number of nitrogens with zero attached hydrogens (tertiary/aromatic N) is 1. The molecule has 3 heteroatoms. The maximum absolute atomic E-state index is 4.51. The van der Waals surface area contributed by atoms with E-state index in [9.17, 15) is 0 Å². The number of hydrogen-bond acceptors (Lipinski definition) is 3. The molecule has 0 unspecified atom stereocenters. The van der Waals surface area contributed by atoms with Crippen LogP contribution in [0.3, 0.4) is 0 Å². The predicted octanol–water partition coefficient (Wildman–Crippen LogP) is 3.69. The molecular formula is C16H21N3. The largest absolute Gasteiger partial charge is 0.370 e. The van der Waals surface area contributed by atoms with Gasteiger partial charge in [0.25, 0.3) is 0 Å². The fourth-order valence-electron chi connectivity index (χ4n) is 2.07. The van der Waals surface area contributed by atoms with E-state index in [2.05, 4.69) is 53.7 Å². The summed E-state index contributed by atoms with van der Waals surface area (Å²) in [5.41, 5.74) is 2.72. The second-order valence-corrected chi connectivity index (χ2v) is 4.41. The molecule has 0 aliphatic heterocycles. The normalized spacial score (nSPS) is 10.2. The van der Waals surface area contributed by atoms with E-state index in [4.69, 9.17) is 0 Å². The Balaban J connectivity index is 2.03. The first-order chi connectivity index (χ1) is 9.33. The van der Waals surface area contributed by atoms with Crippen molar-refractivity contribution in [2.75, 3.05) is 17.2 Å². The Morgan fingerprint density at radius 1 is 0.842 bits per heavy atom. The highest BCUT2D eigenvalue weighted by Gasteiger charge is 2.01. The third-order valence-electron chi connectivity index (χ3n) is 3.07. The van der Waals surface area contributed by atoms with Crippen LogP contribution in [0.1, 0.15) is 25.0 Å². The van der Waals surface area contributed by atoms with Crippen LogP contribution in [0.5, 0.6) is 0 Å². The van der Waals surface area contributed by atoms with E-state index < -0.39 is 0 Å². The molecule has 0 aliphatic rings. The van der Waals surface area contributed by atoms with Crippen molar-refractivity contribution in [3.8, 4) is 0 Å². The topological polar surface area (TPSA) is 37.0 Å². The van der Waals surface area contributed by atoms with E-state index in [1.165, 1.54) is 11.1 Å². The van der Waals surface area contributed by atoms with Gasteiger partial charge >= 0.3 is 0 Å². The number of aryl methyl sites for hydroxylation is 1. The van der Waals surface area contributed by atoms with Gasteiger partial charge in [-0.1, -0.05) is 37.3 Å². The van der Waals surface area contributed by atoms with E-state index in [0.717, 1.165) is 31.1 Å². The molecule has 100 valence electrons. The summed E-state index contributed by atoms with van der Waals surface area (Å²) in [7, 11) is 0. The highest BCUT2D eigenvalue weighted by atomic mass is 15.1.